The van der Waals surface area contributed by atoms with Crippen LogP contribution in [0.25, 0.3) is 0 Å². The zero-order valence-electron chi connectivity index (χ0n) is 16.5. The Hall–Kier alpha value is -2.25. The summed E-state index contributed by atoms with van der Waals surface area (Å²) < 4.78 is 31.1. The van der Waals surface area contributed by atoms with Gasteiger partial charge in [0, 0.05) is 5.02 Å². The first-order chi connectivity index (χ1) is 13.1. The van der Waals surface area contributed by atoms with Crippen LogP contribution in [0.4, 0.5) is 5.69 Å². The number of benzene rings is 2. The molecule has 1 amide bonds. The second kappa shape index (κ2) is 9.30. The van der Waals surface area contributed by atoms with E-state index in [1.54, 1.807) is 19.1 Å². The van der Waals surface area contributed by atoms with Gasteiger partial charge >= 0.3 is 0 Å². The van der Waals surface area contributed by atoms with Gasteiger partial charge in [0.1, 0.15) is 18.9 Å². The molecule has 0 unspecified atom stereocenters. The van der Waals surface area contributed by atoms with Crippen LogP contribution in [0.5, 0.6) is 5.75 Å². The van der Waals surface area contributed by atoms with E-state index in [4.69, 9.17) is 16.3 Å². The number of ether oxygens (including phenoxy) is 1. The smallest absolute Gasteiger partial charge is 0.240 e. The summed E-state index contributed by atoms with van der Waals surface area (Å²) in [5, 5.41) is 3.09. The van der Waals surface area contributed by atoms with Crippen molar-refractivity contribution < 1.29 is 17.9 Å². The van der Waals surface area contributed by atoms with E-state index >= 15 is 0 Å². The molecule has 0 atom stereocenters. The van der Waals surface area contributed by atoms with Crippen molar-refractivity contribution in [2.45, 2.75) is 20.8 Å². The number of anilines is 1. The van der Waals surface area contributed by atoms with E-state index < -0.39 is 15.9 Å². The van der Waals surface area contributed by atoms with E-state index in [1.165, 1.54) is 6.07 Å². The fraction of sp³-hybridized carbons (Fsp3) is 0.350. The lowest BCUT2D eigenvalue weighted by Crippen LogP contribution is -2.41. The molecule has 0 radical (unpaired) electrons. The van der Waals surface area contributed by atoms with Crippen molar-refractivity contribution in [3.8, 4) is 5.75 Å². The van der Waals surface area contributed by atoms with Gasteiger partial charge in [-0.2, -0.15) is 0 Å². The molecule has 0 aliphatic heterocycles. The number of rotatable bonds is 8. The van der Waals surface area contributed by atoms with Crippen LogP contribution in [0.3, 0.4) is 0 Å². The Labute approximate surface area is 171 Å². The first-order valence-electron chi connectivity index (χ1n) is 8.78. The number of nitrogens with one attached hydrogen (secondary N) is 1. The Kier molecular flexibility index (Phi) is 7.32. The summed E-state index contributed by atoms with van der Waals surface area (Å²) in [4.78, 5) is 12.3. The third kappa shape index (κ3) is 6.14. The molecule has 0 bridgehead atoms. The molecule has 0 aliphatic rings. The van der Waals surface area contributed by atoms with Crippen LogP contribution in [0.15, 0.2) is 36.4 Å². The molecule has 2 aromatic carbocycles. The van der Waals surface area contributed by atoms with Crippen LogP contribution in [-0.4, -0.2) is 40.3 Å². The average molecular weight is 425 g/mol. The number of amides is 1. The van der Waals surface area contributed by atoms with Crippen molar-refractivity contribution in [2.75, 3.05) is 30.3 Å². The van der Waals surface area contributed by atoms with E-state index in [1.807, 2.05) is 32.0 Å². The number of sulfonamides is 1. The van der Waals surface area contributed by atoms with Crippen LogP contribution in [-0.2, 0) is 14.8 Å². The average Bonchev–Trinajstić information content (AvgIpc) is 2.59. The van der Waals surface area contributed by atoms with E-state index in [0.29, 0.717) is 16.3 Å². The summed E-state index contributed by atoms with van der Waals surface area (Å²) in [7, 11) is -3.65. The summed E-state index contributed by atoms with van der Waals surface area (Å²) in [5.41, 5.74) is 3.26. The lowest BCUT2D eigenvalue weighted by Gasteiger charge is -2.23. The van der Waals surface area contributed by atoms with Gasteiger partial charge in [-0.1, -0.05) is 35.4 Å². The maximum Gasteiger partial charge on any atom is 0.240 e. The van der Waals surface area contributed by atoms with Gasteiger partial charge in [0.25, 0.3) is 0 Å². The molecule has 28 heavy (non-hydrogen) atoms. The zero-order chi connectivity index (χ0) is 20.9. The Morgan fingerprint density at radius 2 is 1.82 bits per heavy atom. The number of aryl methyl sites for hydroxylation is 3. The molecular formula is C20H25ClN2O4S. The summed E-state index contributed by atoms with van der Waals surface area (Å²) in [5.74, 6) is 0.334. The highest BCUT2D eigenvalue weighted by Crippen LogP contribution is 2.26. The maximum absolute atomic E-state index is 12.3. The lowest BCUT2D eigenvalue weighted by atomic mass is 10.1. The Morgan fingerprint density at radius 3 is 2.46 bits per heavy atom. The van der Waals surface area contributed by atoms with Crippen LogP contribution in [0, 0.1) is 20.8 Å². The Balaban J connectivity index is 1.96. The number of halogens is 1. The minimum absolute atomic E-state index is 0.262. The van der Waals surface area contributed by atoms with Gasteiger partial charge in [-0.15, -0.1) is 0 Å². The van der Waals surface area contributed by atoms with Gasteiger partial charge in [-0.25, -0.2) is 8.42 Å². The molecule has 0 spiro atoms. The first kappa shape index (κ1) is 22.0. The molecule has 1 N–H and O–H groups in total. The molecule has 2 rings (SSSR count). The van der Waals surface area contributed by atoms with Crippen molar-refractivity contribution in [2.24, 2.45) is 0 Å². The minimum Gasteiger partial charge on any atom is -0.491 e. The van der Waals surface area contributed by atoms with Crippen molar-refractivity contribution in [1.29, 1.82) is 0 Å². The molecule has 0 aliphatic carbocycles. The minimum atomic E-state index is -3.65. The van der Waals surface area contributed by atoms with Crippen LogP contribution in [0.2, 0.25) is 5.02 Å². The van der Waals surface area contributed by atoms with E-state index in [-0.39, 0.29) is 19.7 Å². The van der Waals surface area contributed by atoms with Crippen molar-refractivity contribution in [3.05, 3.63) is 58.1 Å². The third-order valence-electron chi connectivity index (χ3n) is 4.14. The summed E-state index contributed by atoms with van der Waals surface area (Å²) in [6.07, 6.45) is 1.06. The molecule has 8 heteroatoms. The molecule has 0 fully saturated rings. The molecule has 0 heterocycles. The Morgan fingerprint density at radius 1 is 1.11 bits per heavy atom. The summed E-state index contributed by atoms with van der Waals surface area (Å²) in [6.45, 7) is 5.94. The second-order valence-electron chi connectivity index (χ2n) is 6.67. The van der Waals surface area contributed by atoms with Gasteiger partial charge in [0.15, 0.2) is 0 Å². The van der Waals surface area contributed by atoms with Crippen LogP contribution < -0.4 is 14.4 Å². The number of carbonyl (C=O) groups excluding carboxylic acids is 1. The topological polar surface area (TPSA) is 75.7 Å². The molecular weight excluding hydrogens is 400 g/mol. The molecule has 0 saturated carbocycles. The summed E-state index contributed by atoms with van der Waals surface area (Å²) >= 11 is 5.99. The number of carbonyl (C=O) groups is 1. The normalized spacial score (nSPS) is 11.2. The SMILES string of the molecule is Cc1ccc(OCCNC(=O)CN(c2cc(Cl)ccc2C)S(C)(=O)=O)c(C)c1. The van der Waals surface area contributed by atoms with E-state index in [9.17, 15) is 13.2 Å². The standard InChI is InChI=1S/C20H25ClN2O4S/c1-14-5-8-19(16(3)11-14)27-10-9-22-20(24)13-23(28(4,25)26)18-12-17(21)7-6-15(18)2/h5-8,11-12H,9-10,13H2,1-4H3,(H,22,24). The van der Waals surface area contributed by atoms with Gasteiger partial charge in [-0.05, 0) is 50.1 Å². The first-order valence-corrected chi connectivity index (χ1v) is 11.0. The highest BCUT2D eigenvalue weighted by molar-refractivity contribution is 7.92. The van der Waals surface area contributed by atoms with E-state index in [2.05, 4.69) is 5.32 Å². The molecule has 0 saturated heterocycles. The third-order valence-corrected chi connectivity index (χ3v) is 5.50. The largest absolute Gasteiger partial charge is 0.491 e. The van der Waals surface area contributed by atoms with Crippen LogP contribution >= 0.6 is 11.6 Å². The maximum atomic E-state index is 12.3. The van der Waals surface area contributed by atoms with Crippen molar-refractivity contribution in [1.82, 2.24) is 5.32 Å². The zero-order valence-corrected chi connectivity index (χ0v) is 18.0. The fourth-order valence-corrected chi connectivity index (χ4v) is 3.80. The van der Waals surface area contributed by atoms with Gasteiger partial charge < -0.3 is 10.1 Å². The molecule has 6 nitrogen and oxygen atoms in total. The monoisotopic (exact) mass is 424 g/mol. The second-order valence-corrected chi connectivity index (χ2v) is 9.01. The van der Waals surface area contributed by atoms with Gasteiger partial charge in [0.2, 0.25) is 15.9 Å². The molecule has 152 valence electrons. The number of hydrogen-bond donors (Lipinski definition) is 1. The predicted octanol–water partition coefficient (Wildman–Crippen LogP) is 3.23. The van der Waals surface area contributed by atoms with Crippen molar-refractivity contribution in [3.63, 3.8) is 0 Å². The number of nitrogens with zero attached hydrogens (tertiary/aromatic N) is 1. The van der Waals surface area contributed by atoms with Gasteiger partial charge in [-0.3, -0.25) is 9.10 Å². The molecule has 0 aromatic heterocycles. The molecule has 2 aromatic rings. The van der Waals surface area contributed by atoms with Gasteiger partial charge in [0.05, 0.1) is 18.5 Å². The van der Waals surface area contributed by atoms with E-state index in [0.717, 1.165) is 27.4 Å². The lowest BCUT2D eigenvalue weighted by molar-refractivity contribution is -0.119. The fourth-order valence-electron chi connectivity index (χ4n) is 2.73. The summed E-state index contributed by atoms with van der Waals surface area (Å²) in [6, 6.07) is 10.8. The van der Waals surface area contributed by atoms with Crippen LogP contribution in [0.1, 0.15) is 16.7 Å². The van der Waals surface area contributed by atoms with Crippen molar-refractivity contribution >= 4 is 33.2 Å². The quantitative estimate of drug-likeness (QED) is 0.660. The Bertz CT molecular complexity index is 961. The highest BCUT2D eigenvalue weighted by Gasteiger charge is 2.22. The predicted molar refractivity (Wildman–Crippen MR) is 113 cm³/mol. The number of hydrogen-bond acceptors (Lipinski definition) is 4. The highest BCUT2D eigenvalue weighted by atomic mass is 35.5.